The average molecular weight is 253 g/mol. The standard InChI is InChI=1S/C13H23N3O2/c1-10(2)16-9-14-7-13(16)12(8-17)15-6-11-4-3-5-18-11/h7,9-12,15,17H,3-6,8H2,1-2H3. The van der Waals surface area contributed by atoms with Crippen LogP contribution in [-0.2, 0) is 4.74 Å². The molecule has 2 N–H and O–H groups in total. The molecule has 1 fully saturated rings. The van der Waals surface area contributed by atoms with E-state index in [1.165, 1.54) is 0 Å². The van der Waals surface area contributed by atoms with E-state index in [1.807, 2.05) is 12.5 Å². The number of aromatic nitrogens is 2. The molecule has 1 aliphatic rings. The molecule has 0 radical (unpaired) electrons. The van der Waals surface area contributed by atoms with Crippen LogP contribution in [0.1, 0.15) is 44.5 Å². The molecule has 0 amide bonds. The summed E-state index contributed by atoms with van der Waals surface area (Å²) in [5.41, 5.74) is 1.03. The second-order valence-corrected chi connectivity index (χ2v) is 5.10. The van der Waals surface area contributed by atoms with E-state index in [9.17, 15) is 5.11 Å². The van der Waals surface area contributed by atoms with E-state index in [0.29, 0.717) is 6.04 Å². The van der Waals surface area contributed by atoms with Crippen LogP contribution in [-0.4, -0.2) is 40.5 Å². The highest BCUT2D eigenvalue weighted by atomic mass is 16.5. The maximum atomic E-state index is 9.53. The van der Waals surface area contributed by atoms with Crippen molar-refractivity contribution >= 4 is 0 Å². The van der Waals surface area contributed by atoms with Gasteiger partial charge >= 0.3 is 0 Å². The molecule has 2 unspecified atom stereocenters. The summed E-state index contributed by atoms with van der Waals surface area (Å²) in [5.74, 6) is 0. The normalized spacial score (nSPS) is 21.7. The zero-order chi connectivity index (χ0) is 13.0. The molecule has 0 spiro atoms. The van der Waals surface area contributed by atoms with Crippen LogP contribution in [0, 0.1) is 0 Å². The van der Waals surface area contributed by atoms with Crippen molar-refractivity contribution in [2.75, 3.05) is 19.8 Å². The Hall–Kier alpha value is -0.910. The van der Waals surface area contributed by atoms with Crippen LogP contribution in [0.15, 0.2) is 12.5 Å². The molecule has 0 aromatic carbocycles. The largest absolute Gasteiger partial charge is 0.394 e. The Morgan fingerprint density at radius 2 is 2.44 bits per heavy atom. The van der Waals surface area contributed by atoms with E-state index in [4.69, 9.17) is 4.74 Å². The van der Waals surface area contributed by atoms with Gasteiger partial charge in [0.1, 0.15) is 0 Å². The van der Waals surface area contributed by atoms with Gasteiger partial charge < -0.3 is 19.7 Å². The Morgan fingerprint density at radius 1 is 1.61 bits per heavy atom. The van der Waals surface area contributed by atoms with Gasteiger partial charge in [0.25, 0.3) is 0 Å². The highest BCUT2D eigenvalue weighted by Gasteiger charge is 2.20. The summed E-state index contributed by atoms with van der Waals surface area (Å²) in [5, 5.41) is 12.9. The van der Waals surface area contributed by atoms with E-state index in [-0.39, 0.29) is 18.8 Å². The summed E-state index contributed by atoms with van der Waals surface area (Å²) in [7, 11) is 0. The molecule has 1 saturated heterocycles. The number of rotatable bonds is 6. The number of nitrogens with one attached hydrogen (secondary N) is 1. The molecule has 0 saturated carbocycles. The summed E-state index contributed by atoms with van der Waals surface area (Å²) < 4.78 is 7.66. The average Bonchev–Trinajstić information content (AvgIpc) is 2.99. The molecule has 0 bridgehead atoms. The number of hydrogen-bond acceptors (Lipinski definition) is 4. The lowest BCUT2D eigenvalue weighted by Gasteiger charge is -2.21. The minimum absolute atomic E-state index is 0.0703. The number of aliphatic hydroxyl groups excluding tert-OH is 1. The third kappa shape index (κ3) is 3.10. The Bertz CT molecular complexity index is 359. The second-order valence-electron chi connectivity index (χ2n) is 5.10. The highest BCUT2D eigenvalue weighted by Crippen LogP contribution is 2.18. The molecule has 1 aromatic rings. The number of nitrogens with zero attached hydrogens (tertiary/aromatic N) is 2. The summed E-state index contributed by atoms with van der Waals surface area (Å²) in [6, 6.07) is 0.278. The van der Waals surface area contributed by atoms with Crippen molar-refractivity contribution in [3.63, 3.8) is 0 Å². The van der Waals surface area contributed by atoms with Crippen LogP contribution in [0.3, 0.4) is 0 Å². The first-order chi connectivity index (χ1) is 8.72. The fourth-order valence-corrected chi connectivity index (χ4v) is 2.36. The summed E-state index contributed by atoms with van der Waals surface area (Å²) in [4.78, 5) is 4.17. The molecule has 5 heteroatoms. The molecule has 18 heavy (non-hydrogen) atoms. The van der Waals surface area contributed by atoms with E-state index in [0.717, 1.165) is 31.7 Å². The van der Waals surface area contributed by atoms with Gasteiger partial charge in [-0.15, -0.1) is 0 Å². The molecule has 2 heterocycles. The highest BCUT2D eigenvalue weighted by molar-refractivity contribution is 5.06. The van der Waals surface area contributed by atoms with Gasteiger partial charge in [0.15, 0.2) is 0 Å². The lowest BCUT2D eigenvalue weighted by atomic mass is 10.2. The number of ether oxygens (including phenoxy) is 1. The Labute approximate surface area is 108 Å². The molecule has 102 valence electrons. The third-order valence-corrected chi connectivity index (χ3v) is 3.41. The molecule has 2 rings (SSSR count). The third-order valence-electron chi connectivity index (χ3n) is 3.41. The monoisotopic (exact) mass is 253 g/mol. The van der Waals surface area contributed by atoms with E-state index < -0.39 is 0 Å². The van der Waals surface area contributed by atoms with Gasteiger partial charge in [0.2, 0.25) is 0 Å². The van der Waals surface area contributed by atoms with Gasteiger partial charge in [-0.3, -0.25) is 0 Å². The van der Waals surface area contributed by atoms with Crippen LogP contribution in [0.4, 0.5) is 0 Å². The van der Waals surface area contributed by atoms with Crippen molar-refractivity contribution in [1.82, 2.24) is 14.9 Å². The molecular formula is C13H23N3O2. The van der Waals surface area contributed by atoms with Crippen molar-refractivity contribution in [2.24, 2.45) is 0 Å². The van der Waals surface area contributed by atoms with Crippen molar-refractivity contribution in [3.05, 3.63) is 18.2 Å². The van der Waals surface area contributed by atoms with Gasteiger partial charge in [-0.05, 0) is 26.7 Å². The topological polar surface area (TPSA) is 59.3 Å². The fourth-order valence-electron chi connectivity index (χ4n) is 2.36. The van der Waals surface area contributed by atoms with Gasteiger partial charge in [-0.25, -0.2) is 4.98 Å². The smallest absolute Gasteiger partial charge is 0.0951 e. The van der Waals surface area contributed by atoms with Crippen LogP contribution in [0.5, 0.6) is 0 Å². The first-order valence-electron chi connectivity index (χ1n) is 6.70. The molecule has 1 aliphatic heterocycles. The Kier molecular flexibility index (Phi) is 4.74. The lowest BCUT2D eigenvalue weighted by molar-refractivity contribution is 0.103. The Morgan fingerprint density at radius 3 is 3.06 bits per heavy atom. The van der Waals surface area contributed by atoms with Crippen molar-refractivity contribution < 1.29 is 9.84 Å². The summed E-state index contributed by atoms with van der Waals surface area (Å²) in [6.07, 6.45) is 6.17. The zero-order valence-corrected chi connectivity index (χ0v) is 11.2. The predicted molar refractivity (Wildman–Crippen MR) is 69.4 cm³/mol. The first-order valence-corrected chi connectivity index (χ1v) is 6.70. The molecule has 5 nitrogen and oxygen atoms in total. The number of imidazole rings is 1. The maximum Gasteiger partial charge on any atom is 0.0951 e. The second kappa shape index (κ2) is 6.31. The summed E-state index contributed by atoms with van der Waals surface area (Å²) >= 11 is 0. The SMILES string of the molecule is CC(C)n1cncc1C(CO)NCC1CCCO1. The molecule has 1 aromatic heterocycles. The minimum Gasteiger partial charge on any atom is -0.394 e. The van der Waals surface area contributed by atoms with Gasteiger partial charge in [-0.2, -0.15) is 0 Å². The number of aliphatic hydroxyl groups is 1. The molecular weight excluding hydrogens is 230 g/mol. The van der Waals surface area contributed by atoms with Crippen molar-refractivity contribution in [1.29, 1.82) is 0 Å². The van der Waals surface area contributed by atoms with Gasteiger partial charge in [-0.1, -0.05) is 0 Å². The van der Waals surface area contributed by atoms with E-state index in [2.05, 4.69) is 28.7 Å². The van der Waals surface area contributed by atoms with E-state index >= 15 is 0 Å². The summed E-state index contributed by atoms with van der Waals surface area (Å²) in [6.45, 7) is 5.94. The van der Waals surface area contributed by atoms with Gasteiger partial charge in [0, 0.05) is 25.4 Å². The molecule has 0 aliphatic carbocycles. The molecule has 2 atom stereocenters. The van der Waals surface area contributed by atoms with Crippen LogP contribution >= 0.6 is 0 Å². The van der Waals surface area contributed by atoms with Crippen LogP contribution < -0.4 is 5.32 Å². The lowest BCUT2D eigenvalue weighted by Crippen LogP contribution is -2.33. The van der Waals surface area contributed by atoms with E-state index in [1.54, 1.807) is 0 Å². The zero-order valence-electron chi connectivity index (χ0n) is 11.2. The predicted octanol–water partition coefficient (Wildman–Crippen LogP) is 1.27. The van der Waals surface area contributed by atoms with Crippen molar-refractivity contribution in [2.45, 2.75) is 44.9 Å². The Balaban J connectivity index is 1.96. The quantitative estimate of drug-likeness (QED) is 0.801. The van der Waals surface area contributed by atoms with Crippen molar-refractivity contribution in [3.8, 4) is 0 Å². The van der Waals surface area contributed by atoms with Crippen LogP contribution in [0.25, 0.3) is 0 Å². The van der Waals surface area contributed by atoms with Gasteiger partial charge in [0.05, 0.1) is 30.8 Å². The first kappa shape index (κ1) is 13.5. The fraction of sp³-hybridized carbons (Fsp3) is 0.769. The minimum atomic E-state index is -0.0703. The maximum absolute atomic E-state index is 9.53. The number of hydrogen-bond donors (Lipinski definition) is 2. The van der Waals surface area contributed by atoms with Crippen LogP contribution in [0.2, 0.25) is 0 Å².